The highest BCUT2D eigenvalue weighted by Crippen LogP contribution is 2.20. The third-order valence-electron chi connectivity index (χ3n) is 3.95. The Morgan fingerprint density at radius 2 is 2.04 bits per heavy atom. The van der Waals surface area contributed by atoms with Gasteiger partial charge in [0.05, 0.1) is 25.5 Å². The van der Waals surface area contributed by atoms with Gasteiger partial charge in [-0.05, 0) is 27.2 Å². The Labute approximate surface area is 139 Å². The van der Waals surface area contributed by atoms with E-state index in [0.29, 0.717) is 25.0 Å². The molecule has 0 aromatic rings. The van der Waals surface area contributed by atoms with Crippen LogP contribution in [-0.2, 0) is 4.74 Å². The van der Waals surface area contributed by atoms with Crippen molar-refractivity contribution in [3.63, 3.8) is 0 Å². The summed E-state index contributed by atoms with van der Waals surface area (Å²) in [5.74, 6) is 2.56. The highest BCUT2D eigenvalue weighted by atomic mass is 16.6. The maximum atomic E-state index is 12.3. The molecule has 0 saturated heterocycles. The number of nitrogens with one attached hydrogen (secondary N) is 1. The third kappa shape index (κ3) is 4.69. The number of carbonyl (C=O) groups excluding carboxylic acids is 1. The number of amidine groups is 2. The predicted octanol–water partition coefficient (Wildman–Crippen LogP) is 2.69. The van der Waals surface area contributed by atoms with Gasteiger partial charge < -0.3 is 10.1 Å². The van der Waals surface area contributed by atoms with Crippen LogP contribution < -0.4 is 5.32 Å². The van der Waals surface area contributed by atoms with Crippen molar-refractivity contribution in [1.29, 1.82) is 0 Å². The van der Waals surface area contributed by atoms with Gasteiger partial charge in [-0.3, -0.25) is 14.9 Å². The number of amides is 1. The van der Waals surface area contributed by atoms with Crippen molar-refractivity contribution < 1.29 is 9.53 Å². The molecule has 1 amide bonds. The lowest BCUT2D eigenvalue weighted by Crippen LogP contribution is -2.43. The molecule has 6 heteroatoms. The molecule has 6 nitrogen and oxygen atoms in total. The second kappa shape index (κ2) is 6.89. The standard InChI is InChI=1S/C17H30N4O2/c1-11(2)14-19-10-13(20-14)9-12(3)15-18-7-8-21(15)16(22)23-17(4,5)6/h11-13H,7-10H2,1-6H3,(H,19,20). The quantitative estimate of drug-likeness (QED) is 0.865. The highest BCUT2D eigenvalue weighted by Gasteiger charge is 2.33. The molecule has 0 fully saturated rings. The van der Waals surface area contributed by atoms with Gasteiger partial charge in [0.1, 0.15) is 11.4 Å². The van der Waals surface area contributed by atoms with E-state index >= 15 is 0 Å². The normalized spacial score (nSPS) is 22.7. The molecule has 130 valence electrons. The SMILES string of the molecule is CC(C)C1=NCC(CC(C)C2=NCCN2C(=O)OC(C)(C)C)N1. The lowest BCUT2D eigenvalue weighted by Gasteiger charge is -2.28. The Morgan fingerprint density at radius 1 is 1.35 bits per heavy atom. The van der Waals surface area contributed by atoms with E-state index in [2.05, 4.69) is 36.1 Å². The topological polar surface area (TPSA) is 66.3 Å². The minimum Gasteiger partial charge on any atom is -0.443 e. The number of ether oxygens (including phenoxy) is 1. The molecule has 2 aliphatic rings. The molecular weight excluding hydrogens is 292 g/mol. The van der Waals surface area contributed by atoms with Crippen molar-refractivity contribution in [3.8, 4) is 0 Å². The van der Waals surface area contributed by atoms with E-state index in [1.807, 2.05) is 20.8 Å². The zero-order valence-electron chi connectivity index (χ0n) is 15.2. The van der Waals surface area contributed by atoms with Crippen molar-refractivity contribution in [2.75, 3.05) is 19.6 Å². The molecule has 0 aromatic carbocycles. The summed E-state index contributed by atoms with van der Waals surface area (Å²) in [6, 6.07) is 0.325. The zero-order chi connectivity index (χ0) is 17.2. The monoisotopic (exact) mass is 322 g/mol. The number of hydrogen-bond acceptors (Lipinski definition) is 5. The summed E-state index contributed by atoms with van der Waals surface area (Å²) in [6.45, 7) is 14.1. The second-order valence-corrected chi connectivity index (χ2v) is 7.73. The van der Waals surface area contributed by atoms with E-state index in [1.54, 1.807) is 4.90 Å². The van der Waals surface area contributed by atoms with Crippen molar-refractivity contribution >= 4 is 17.8 Å². The molecule has 0 saturated carbocycles. The van der Waals surface area contributed by atoms with E-state index < -0.39 is 5.60 Å². The molecule has 2 heterocycles. The summed E-state index contributed by atoms with van der Waals surface area (Å²) >= 11 is 0. The predicted molar refractivity (Wildman–Crippen MR) is 93.1 cm³/mol. The fraction of sp³-hybridized carbons (Fsp3) is 0.824. The second-order valence-electron chi connectivity index (χ2n) is 7.73. The molecule has 0 spiro atoms. The smallest absolute Gasteiger partial charge is 0.415 e. The lowest BCUT2D eigenvalue weighted by molar-refractivity contribution is 0.0377. The zero-order valence-corrected chi connectivity index (χ0v) is 15.2. The summed E-state index contributed by atoms with van der Waals surface area (Å²) in [4.78, 5) is 23.1. The number of aliphatic imine (C=N–C) groups is 2. The van der Waals surface area contributed by atoms with Crippen molar-refractivity contribution in [3.05, 3.63) is 0 Å². The van der Waals surface area contributed by atoms with Gasteiger partial charge in [0.2, 0.25) is 0 Å². The Morgan fingerprint density at radius 3 is 2.61 bits per heavy atom. The molecule has 2 aliphatic heterocycles. The number of rotatable bonds is 4. The molecule has 2 unspecified atom stereocenters. The summed E-state index contributed by atoms with van der Waals surface area (Å²) in [5, 5.41) is 3.49. The van der Waals surface area contributed by atoms with Gasteiger partial charge in [0.25, 0.3) is 0 Å². The Balaban J connectivity index is 1.91. The van der Waals surface area contributed by atoms with Crippen LogP contribution >= 0.6 is 0 Å². The molecular formula is C17H30N4O2. The van der Waals surface area contributed by atoms with Gasteiger partial charge in [-0.2, -0.15) is 0 Å². The van der Waals surface area contributed by atoms with Gasteiger partial charge in [0, 0.05) is 17.9 Å². The Hall–Kier alpha value is -1.59. The summed E-state index contributed by atoms with van der Waals surface area (Å²) < 4.78 is 5.49. The first-order chi connectivity index (χ1) is 10.7. The van der Waals surface area contributed by atoms with Crippen LogP contribution in [0.15, 0.2) is 9.98 Å². The first-order valence-corrected chi connectivity index (χ1v) is 8.53. The van der Waals surface area contributed by atoms with E-state index in [4.69, 9.17) is 4.74 Å². The molecule has 0 aromatic heterocycles. The van der Waals surface area contributed by atoms with Crippen molar-refractivity contribution in [2.45, 2.75) is 59.6 Å². The highest BCUT2D eigenvalue weighted by molar-refractivity contribution is 5.98. The fourth-order valence-corrected chi connectivity index (χ4v) is 2.91. The Bertz CT molecular complexity index is 505. The minimum absolute atomic E-state index is 0.198. The molecule has 2 atom stereocenters. The van der Waals surface area contributed by atoms with E-state index in [1.165, 1.54) is 0 Å². The van der Waals surface area contributed by atoms with E-state index in [0.717, 1.165) is 24.6 Å². The van der Waals surface area contributed by atoms with Crippen LogP contribution in [0.3, 0.4) is 0 Å². The number of nitrogens with zero attached hydrogens (tertiary/aromatic N) is 3. The fourth-order valence-electron chi connectivity index (χ4n) is 2.91. The van der Waals surface area contributed by atoms with Crippen molar-refractivity contribution in [1.82, 2.24) is 10.2 Å². The van der Waals surface area contributed by atoms with E-state index in [-0.39, 0.29) is 12.0 Å². The largest absolute Gasteiger partial charge is 0.443 e. The van der Waals surface area contributed by atoms with Gasteiger partial charge in [-0.1, -0.05) is 20.8 Å². The van der Waals surface area contributed by atoms with Crippen LogP contribution in [0.4, 0.5) is 4.79 Å². The minimum atomic E-state index is -0.485. The van der Waals surface area contributed by atoms with Gasteiger partial charge in [-0.25, -0.2) is 4.79 Å². The number of carbonyl (C=O) groups is 1. The molecule has 2 rings (SSSR count). The Kier molecular flexibility index (Phi) is 5.32. The summed E-state index contributed by atoms with van der Waals surface area (Å²) in [6.07, 6.45) is 0.622. The van der Waals surface area contributed by atoms with Gasteiger partial charge in [0.15, 0.2) is 0 Å². The average molecular weight is 322 g/mol. The average Bonchev–Trinajstić information content (AvgIpc) is 3.04. The van der Waals surface area contributed by atoms with Crippen LogP contribution in [-0.4, -0.2) is 53.9 Å². The van der Waals surface area contributed by atoms with Crippen molar-refractivity contribution in [2.24, 2.45) is 21.8 Å². The van der Waals surface area contributed by atoms with Gasteiger partial charge in [-0.15, -0.1) is 0 Å². The molecule has 0 bridgehead atoms. The lowest BCUT2D eigenvalue weighted by atomic mass is 10.00. The first-order valence-electron chi connectivity index (χ1n) is 8.53. The van der Waals surface area contributed by atoms with Crippen LogP contribution in [0, 0.1) is 11.8 Å². The van der Waals surface area contributed by atoms with Crippen LogP contribution in [0.2, 0.25) is 0 Å². The number of hydrogen-bond donors (Lipinski definition) is 1. The third-order valence-corrected chi connectivity index (χ3v) is 3.95. The molecule has 0 aliphatic carbocycles. The van der Waals surface area contributed by atoms with Crippen LogP contribution in [0.5, 0.6) is 0 Å². The maximum absolute atomic E-state index is 12.3. The summed E-state index contributed by atoms with van der Waals surface area (Å²) in [5.41, 5.74) is -0.485. The van der Waals surface area contributed by atoms with Gasteiger partial charge >= 0.3 is 6.09 Å². The molecule has 0 radical (unpaired) electrons. The summed E-state index contributed by atoms with van der Waals surface area (Å²) in [7, 11) is 0. The maximum Gasteiger partial charge on any atom is 0.415 e. The van der Waals surface area contributed by atoms with E-state index in [9.17, 15) is 4.79 Å². The van der Waals surface area contributed by atoms with Crippen LogP contribution in [0.1, 0.15) is 48.0 Å². The molecule has 1 N–H and O–H groups in total. The first kappa shape index (κ1) is 17.8. The molecule has 23 heavy (non-hydrogen) atoms. The van der Waals surface area contributed by atoms with Crippen LogP contribution in [0.25, 0.3) is 0 Å².